The van der Waals surface area contributed by atoms with Gasteiger partial charge in [-0.05, 0) is 129 Å². The number of nitrogens with zero attached hydrogens (tertiary/aromatic N) is 3. The van der Waals surface area contributed by atoms with E-state index in [2.05, 4.69) is 26.3 Å². The van der Waals surface area contributed by atoms with E-state index in [-0.39, 0.29) is 56.3 Å². The number of rotatable bonds is 19. The molecular formula is C47H63N7O10. The van der Waals surface area contributed by atoms with Crippen molar-refractivity contribution in [2.24, 2.45) is 0 Å². The van der Waals surface area contributed by atoms with Gasteiger partial charge in [-0.25, -0.2) is 14.6 Å². The van der Waals surface area contributed by atoms with E-state index in [9.17, 15) is 28.8 Å². The summed E-state index contributed by atoms with van der Waals surface area (Å²) < 4.78 is 24.7. The van der Waals surface area contributed by atoms with Crippen molar-refractivity contribution in [3.05, 3.63) is 88.0 Å². The standard InChI is InChI=1S/C47H63N7O10/c1-29-12-15-35-38(22-29)50-27-54(43(35)58)26-41(56)53(11)32(4)34-14-17-40(62-21-19-49-45(60)64-47(8,9)10)37(25-34)36-24-33(23-30(2)52-42(57)31(3)51-28-55)13-16-39(36)61-20-18-48-44(59)63-46(5,6)7/h12-17,22,24-25,27-28,30-32H,18-21,23,26H2,1-11H3,(H,48,59)(H,49,60)(H,51,55)(H,52,57)/t30?,31-,32?/m0/s1. The molecule has 5 amide bonds. The highest BCUT2D eigenvalue weighted by Crippen LogP contribution is 2.40. The molecule has 0 fully saturated rings. The van der Waals surface area contributed by atoms with Gasteiger partial charge < -0.3 is 45.1 Å². The summed E-state index contributed by atoms with van der Waals surface area (Å²) in [6.07, 6.45) is 1.08. The quantitative estimate of drug-likeness (QED) is 0.0675. The Kier molecular flexibility index (Phi) is 17.3. The maximum Gasteiger partial charge on any atom is 0.407 e. The second-order valence-electron chi connectivity index (χ2n) is 17.6. The van der Waals surface area contributed by atoms with Gasteiger partial charge in [0.05, 0.1) is 36.4 Å². The van der Waals surface area contributed by atoms with Gasteiger partial charge in [0.25, 0.3) is 5.56 Å². The SMILES string of the molecule is Cc1ccc2c(=O)n(CC(=O)N(C)C(C)c3ccc(OCCNC(=O)OC(C)(C)C)c(-c4cc(CC(C)NC(=O)[C@H](C)NC=O)ccc4OCCNC(=O)OC(C)(C)C)c3)cnc2c1. The van der Waals surface area contributed by atoms with Crippen LogP contribution in [0.25, 0.3) is 22.0 Å². The summed E-state index contributed by atoms with van der Waals surface area (Å²) in [5.41, 5.74) is 2.58. The van der Waals surface area contributed by atoms with Crippen LogP contribution < -0.4 is 36.3 Å². The number of hydrogen-bond acceptors (Lipinski definition) is 11. The van der Waals surface area contributed by atoms with Crippen LogP contribution in [-0.4, -0.2) is 101 Å². The van der Waals surface area contributed by atoms with Gasteiger partial charge in [0.1, 0.15) is 48.5 Å². The maximum atomic E-state index is 13.8. The molecule has 64 heavy (non-hydrogen) atoms. The molecule has 17 heteroatoms. The molecule has 346 valence electrons. The zero-order chi connectivity index (χ0) is 47.4. The minimum absolute atomic E-state index is 0.0689. The summed E-state index contributed by atoms with van der Waals surface area (Å²) >= 11 is 0. The summed E-state index contributed by atoms with van der Waals surface area (Å²) in [6, 6.07) is 14.9. The molecule has 0 saturated heterocycles. The number of alkyl carbamates (subject to hydrolysis) is 2. The smallest absolute Gasteiger partial charge is 0.407 e. The number of carbonyl (C=O) groups excluding carboxylic acids is 5. The van der Waals surface area contributed by atoms with E-state index < -0.39 is 35.5 Å². The number of fused-ring (bicyclic) bond motifs is 1. The van der Waals surface area contributed by atoms with E-state index in [0.29, 0.717) is 46.4 Å². The number of carbonyl (C=O) groups is 5. The van der Waals surface area contributed by atoms with Crippen molar-refractivity contribution in [2.45, 2.75) is 112 Å². The molecule has 17 nitrogen and oxygen atoms in total. The number of nitrogens with one attached hydrogen (secondary N) is 4. The molecule has 0 aliphatic carbocycles. The Labute approximate surface area is 374 Å². The third-order valence-corrected chi connectivity index (χ3v) is 9.78. The molecular weight excluding hydrogens is 823 g/mol. The van der Waals surface area contributed by atoms with E-state index in [4.69, 9.17) is 18.9 Å². The van der Waals surface area contributed by atoms with Crippen molar-refractivity contribution in [2.75, 3.05) is 33.4 Å². The first-order valence-corrected chi connectivity index (χ1v) is 21.2. The van der Waals surface area contributed by atoms with E-state index in [1.807, 2.05) is 57.2 Å². The Balaban J connectivity index is 1.70. The average Bonchev–Trinajstić information content (AvgIpc) is 3.20. The Hall–Kier alpha value is -6.65. The number of benzene rings is 3. The predicted octanol–water partition coefficient (Wildman–Crippen LogP) is 5.58. The van der Waals surface area contributed by atoms with Crippen LogP contribution in [0.4, 0.5) is 9.59 Å². The van der Waals surface area contributed by atoms with Crippen molar-refractivity contribution in [3.8, 4) is 22.6 Å². The van der Waals surface area contributed by atoms with Gasteiger partial charge in [-0.15, -0.1) is 0 Å². The molecule has 3 aromatic carbocycles. The number of aryl methyl sites for hydroxylation is 1. The number of likely N-dealkylation sites (N-methyl/N-ethyl adjacent to an activating group) is 1. The monoisotopic (exact) mass is 885 g/mol. The molecule has 0 aliphatic heterocycles. The Morgan fingerprint density at radius 1 is 0.812 bits per heavy atom. The molecule has 0 radical (unpaired) electrons. The lowest BCUT2D eigenvalue weighted by Gasteiger charge is -2.27. The van der Waals surface area contributed by atoms with Crippen LogP contribution in [0, 0.1) is 6.92 Å². The van der Waals surface area contributed by atoms with Crippen molar-refractivity contribution >= 4 is 41.3 Å². The highest BCUT2D eigenvalue weighted by atomic mass is 16.6. The highest BCUT2D eigenvalue weighted by Gasteiger charge is 2.24. The van der Waals surface area contributed by atoms with Crippen LogP contribution in [0.1, 0.15) is 85.0 Å². The Morgan fingerprint density at radius 2 is 1.39 bits per heavy atom. The summed E-state index contributed by atoms with van der Waals surface area (Å²) in [6.45, 7) is 18.0. The zero-order valence-corrected chi connectivity index (χ0v) is 38.7. The van der Waals surface area contributed by atoms with Gasteiger partial charge in [-0.3, -0.25) is 23.7 Å². The number of amides is 5. The van der Waals surface area contributed by atoms with E-state index in [1.54, 1.807) is 78.6 Å². The molecule has 0 saturated carbocycles. The molecule has 2 unspecified atom stereocenters. The van der Waals surface area contributed by atoms with Crippen LogP contribution in [0.3, 0.4) is 0 Å². The van der Waals surface area contributed by atoms with Crippen molar-refractivity contribution < 1.29 is 42.9 Å². The largest absolute Gasteiger partial charge is 0.491 e. The molecule has 0 bridgehead atoms. The van der Waals surface area contributed by atoms with Gasteiger partial charge in [0, 0.05) is 24.2 Å². The normalized spacial score (nSPS) is 12.9. The van der Waals surface area contributed by atoms with Crippen LogP contribution in [-0.2, 0) is 36.8 Å². The number of aromatic nitrogens is 2. The molecule has 1 aromatic heterocycles. The van der Waals surface area contributed by atoms with Gasteiger partial charge in [0.2, 0.25) is 18.2 Å². The lowest BCUT2D eigenvalue weighted by atomic mass is 9.95. The fourth-order valence-electron chi connectivity index (χ4n) is 6.47. The first-order chi connectivity index (χ1) is 30.0. The molecule has 4 N–H and O–H groups in total. The Morgan fingerprint density at radius 3 is 1.97 bits per heavy atom. The fraction of sp³-hybridized carbons (Fsp3) is 0.468. The second-order valence-corrected chi connectivity index (χ2v) is 17.6. The fourth-order valence-corrected chi connectivity index (χ4v) is 6.47. The molecule has 0 aliphatic rings. The van der Waals surface area contributed by atoms with Crippen LogP contribution in [0.2, 0.25) is 0 Å². The topological polar surface area (TPSA) is 209 Å². The predicted molar refractivity (Wildman–Crippen MR) is 243 cm³/mol. The minimum atomic E-state index is -0.727. The summed E-state index contributed by atoms with van der Waals surface area (Å²) in [5, 5.41) is 11.2. The van der Waals surface area contributed by atoms with Gasteiger partial charge in [-0.1, -0.05) is 18.2 Å². The minimum Gasteiger partial charge on any atom is -0.491 e. The summed E-state index contributed by atoms with van der Waals surface area (Å²) in [7, 11) is 1.66. The van der Waals surface area contributed by atoms with Gasteiger partial charge >= 0.3 is 12.2 Å². The van der Waals surface area contributed by atoms with Gasteiger partial charge in [-0.2, -0.15) is 0 Å². The summed E-state index contributed by atoms with van der Waals surface area (Å²) in [5.74, 6) is 0.212. The Bertz CT molecular complexity index is 2350. The second kappa shape index (κ2) is 22.1. The average molecular weight is 886 g/mol. The van der Waals surface area contributed by atoms with Crippen LogP contribution in [0.5, 0.6) is 11.5 Å². The number of hydrogen-bond donors (Lipinski definition) is 4. The first kappa shape index (κ1) is 50.0. The lowest BCUT2D eigenvalue weighted by molar-refractivity contribution is -0.132. The number of ether oxygens (including phenoxy) is 4. The van der Waals surface area contributed by atoms with E-state index in [0.717, 1.165) is 16.7 Å². The zero-order valence-electron chi connectivity index (χ0n) is 38.7. The molecule has 0 spiro atoms. The molecule has 1 heterocycles. The highest BCUT2D eigenvalue weighted by molar-refractivity contribution is 5.83. The van der Waals surface area contributed by atoms with Crippen LogP contribution in [0.15, 0.2) is 65.7 Å². The van der Waals surface area contributed by atoms with Crippen LogP contribution >= 0.6 is 0 Å². The summed E-state index contributed by atoms with van der Waals surface area (Å²) in [4.78, 5) is 81.6. The van der Waals surface area contributed by atoms with E-state index >= 15 is 0 Å². The van der Waals surface area contributed by atoms with Crippen molar-refractivity contribution in [1.82, 2.24) is 35.7 Å². The maximum absolute atomic E-state index is 13.8. The molecule has 4 aromatic rings. The van der Waals surface area contributed by atoms with Crippen molar-refractivity contribution in [3.63, 3.8) is 0 Å². The van der Waals surface area contributed by atoms with E-state index in [1.165, 1.54) is 10.9 Å². The third-order valence-electron chi connectivity index (χ3n) is 9.78. The van der Waals surface area contributed by atoms with Crippen molar-refractivity contribution in [1.29, 1.82) is 0 Å². The first-order valence-electron chi connectivity index (χ1n) is 21.2. The molecule has 3 atom stereocenters. The molecule has 4 rings (SSSR count). The lowest BCUT2D eigenvalue weighted by Crippen LogP contribution is -2.45. The third kappa shape index (κ3) is 15.0. The van der Waals surface area contributed by atoms with Gasteiger partial charge in [0.15, 0.2) is 0 Å².